The molecular formula is C16H20N4OS. The molecule has 1 saturated heterocycles. The number of pyridine rings is 1. The van der Waals surface area contributed by atoms with Crippen LogP contribution in [-0.2, 0) is 11.2 Å². The summed E-state index contributed by atoms with van der Waals surface area (Å²) >= 11 is 1.58. The highest BCUT2D eigenvalue weighted by atomic mass is 32.1. The van der Waals surface area contributed by atoms with Crippen LogP contribution in [0.15, 0.2) is 29.8 Å². The van der Waals surface area contributed by atoms with Crippen molar-refractivity contribution in [1.82, 2.24) is 15.3 Å². The lowest BCUT2D eigenvalue weighted by molar-refractivity contribution is -0.121. The molecule has 2 aromatic heterocycles. The second kappa shape index (κ2) is 6.87. The number of rotatable bonds is 4. The predicted octanol–water partition coefficient (Wildman–Crippen LogP) is 2.17. The van der Waals surface area contributed by atoms with Gasteiger partial charge in [0, 0.05) is 30.7 Å². The summed E-state index contributed by atoms with van der Waals surface area (Å²) in [5.41, 5.74) is 0.859. The zero-order valence-electron chi connectivity index (χ0n) is 12.7. The van der Waals surface area contributed by atoms with E-state index in [4.69, 9.17) is 0 Å². The number of aromatic nitrogens is 2. The molecule has 3 rings (SSSR count). The number of anilines is 1. The van der Waals surface area contributed by atoms with E-state index >= 15 is 0 Å². The maximum Gasteiger partial charge on any atom is 0.226 e. The van der Waals surface area contributed by atoms with E-state index in [2.05, 4.69) is 20.2 Å². The van der Waals surface area contributed by atoms with E-state index in [1.54, 1.807) is 11.3 Å². The van der Waals surface area contributed by atoms with Crippen molar-refractivity contribution in [2.24, 2.45) is 0 Å². The molecule has 0 bridgehead atoms. The van der Waals surface area contributed by atoms with E-state index in [0.717, 1.165) is 42.5 Å². The number of hydrogen-bond acceptors (Lipinski definition) is 5. The fourth-order valence-corrected chi connectivity index (χ4v) is 3.39. The Bertz CT molecular complexity index is 628. The number of nitrogens with zero attached hydrogens (tertiary/aromatic N) is 3. The van der Waals surface area contributed by atoms with Crippen LogP contribution in [0.25, 0.3) is 0 Å². The van der Waals surface area contributed by atoms with Crippen molar-refractivity contribution in [3.63, 3.8) is 0 Å². The molecule has 2 aromatic rings. The summed E-state index contributed by atoms with van der Waals surface area (Å²) in [4.78, 5) is 23.1. The van der Waals surface area contributed by atoms with Gasteiger partial charge in [-0.1, -0.05) is 6.07 Å². The van der Waals surface area contributed by atoms with Crippen molar-refractivity contribution in [2.45, 2.75) is 32.2 Å². The highest BCUT2D eigenvalue weighted by Gasteiger charge is 2.22. The molecule has 0 saturated carbocycles. The van der Waals surface area contributed by atoms with E-state index in [0.29, 0.717) is 6.42 Å². The molecule has 1 N–H and O–H groups in total. The Morgan fingerprint density at radius 1 is 1.50 bits per heavy atom. The Balaban J connectivity index is 1.55. The van der Waals surface area contributed by atoms with Gasteiger partial charge in [0.25, 0.3) is 0 Å². The van der Waals surface area contributed by atoms with E-state index in [-0.39, 0.29) is 11.9 Å². The molecule has 1 aliphatic rings. The molecule has 0 unspecified atom stereocenters. The number of amides is 1. The minimum absolute atomic E-state index is 0.0539. The van der Waals surface area contributed by atoms with Gasteiger partial charge in [-0.3, -0.25) is 4.79 Å². The van der Waals surface area contributed by atoms with E-state index in [1.165, 1.54) is 0 Å². The molecule has 1 atom stereocenters. The zero-order chi connectivity index (χ0) is 15.4. The van der Waals surface area contributed by atoms with Gasteiger partial charge >= 0.3 is 0 Å². The van der Waals surface area contributed by atoms with Crippen molar-refractivity contribution in [2.75, 3.05) is 18.0 Å². The van der Waals surface area contributed by atoms with Crippen molar-refractivity contribution < 1.29 is 4.79 Å². The van der Waals surface area contributed by atoms with Crippen LogP contribution >= 0.6 is 11.3 Å². The largest absolute Gasteiger partial charge is 0.355 e. The minimum atomic E-state index is 0.0539. The molecule has 6 heteroatoms. The highest BCUT2D eigenvalue weighted by Crippen LogP contribution is 2.17. The molecule has 5 nitrogen and oxygen atoms in total. The third-order valence-electron chi connectivity index (χ3n) is 3.77. The van der Waals surface area contributed by atoms with Crippen LogP contribution in [0.4, 0.5) is 5.82 Å². The van der Waals surface area contributed by atoms with Gasteiger partial charge in [0.05, 0.1) is 17.1 Å². The first-order chi connectivity index (χ1) is 10.7. The summed E-state index contributed by atoms with van der Waals surface area (Å²) in [5.74, 6) is 1.04. The smallest absolute Gasteiger partial charge is 0.226 e. The fourth-order valence-electron chi connectivity index (χ4n) is 2.78. The Morgan fingerprint density at radius 2 is 2.41 bits per heavy atom. The Morgan fingerprint density at radius 3 is 3.14 bits per heavy atom. The number of hydrogen-bond donors (Lipinski definition) is 1. The van der Waals surface area contributed by atoms with E-state index in [1.807, 2.05) is 36.7 Å². The van der Waals surface area contributed by atoms with Gasteiger partial charge in [0.2, 0.25) is 5.91 Å². The van der Waals surface area contributed by atoms with Gasteiger partial charge in [-0.15, -0.1) is 11.3 Å². The second-order valence-electron chi connectivity index (χ2n) is 5.58. The zero-order valence-corrected chi connectivity index (χ0v) is 13.5. The quantitative estimate of drug-likeness (QED) is 0.939. The molecule has 0 spiro atoms. The van der Waals surface area contributed by atoms with Crippen LogP contribution in [0.1, 0.15) is 23.5 Å². The standard InChI is InChI=1S/C16H20N4OS/c1-12-18-14(11-22-12)9-16(21)19-13-5-4-8-20(10-13)15-6-2-3-7-17-15/h2-3,6-7,11,13H,4-5,8-10H2,1H3,(H,19,21)/t13-/m1/s1. The number of piperidine rings is 1. The maximum absolute atomic E-state index is 12.2. The predicted molar refractivity (Wildman–Crippen MR) is 88.2 cm³/mol. The number of thiazole rings is 1. The lowest BCUT2D eigenvalue weighted by Gasteiger charge is -2.33. The second-order valence-corrected chi connectivity index (χ2v) is 6.64. The first-order valence-electron chi connectivity index (χ1n) is 7.57. The molecular weight excluding hydrogens is 296 g/mol. The Labute approximate surface area is 134 Å². The molecule has 1 amide bonds. The highest BCUT2D eigenvalue weighted by molar-refractivity contribution is 7.09. The van der Waals surface area contributed by atoms with Gasteiger partial charge in [-0.2, -0.15) is 0 Å². The van der Waals surface area contributed by atoms with Crippen molar-refractivity contribution in [1.29, 1.82) is 0 Å². The van der Waals surface area contributed by atoms with E-state index < -0.39 is 0 Å². The number of aryl methyl sites for hydroxylation is 1. The molecule has 3 heterocycles. The first kappa shape index (κ1) is 15.0. The maximum atomic E-state index is 12.2. The summed E-state index contributed by atoms with van der Waals surface area (Å²) < 4.78 is 0. The lowest BCUT2D eigenvalue weighted by atomic mass is 10.1. The summed E-state index contributed by atoms with van der Waals surface area (Å²) in [6.45, 7) is 3.77. The number of nitrogens with one attached hydrogen (secondary N) is 1. The molecule has 116 valence electrons. The van der Waals surface area contributed by atoms with E-state index in [9.17, 15) is 4.79 Å². The van der Waals surface area contributed by atoms with Crippen LogP contribution in [-0.4, -0.2) is 35.0 Å². The molecule has 0 aromatic carbocycles. The first-order valence-corrected chi connectivity index (χ1v) is 8.45. The average molecular weight is 316 g/mol. The van der Waals surface area contributed by atoms with Gasteiger partial charge in [-0.25, -0.2) is 9.97 Å². The van der Waals surface area contributed by atoms with Crippen molar-refractivity contribution in [3.05, 3.63) is 40.5 Å². The number of carbonyl (C=O) groups excluding carboxylic acids is 1. The summed E-state index contributed by atoms with van der Waals surface area (Å²) in [7, 11) is 0. The SMILES string of the molecule is Cc1nc(CC(=O)N[C@@H]2CCCN(c3ccccn3)C2)cs1. The van der Waals surface area contributed by atoms with Crippen LogP contribution in [0.5, 0.6) is 0 Å². The Kier molecular flexibility index (Phi) is 4.68. The molecule has 1 fully saturated rings. The molecule has 22 heavy (non-hydrogen) atoms. The summed E-state index contributed by atoms with van der Waals surface area (Å²) in [6.07, 6.45) is 4.26. The third-order valence-corrected chi connectivity index (χ3v) is 4.59. The lowest BCUT2D eigenvalue weighted by Crippen LogP contribution is -2.48. The number of carbonyl (C=O) groups is 1. The fraction of sp³-hybridized carbons (Fsp3) is 0.438. The minimum Gasteiger partial charge on any atom is -0.355 e. The van der Waals surface area contributed by atoms with Crippen LogP contribution in [0, 0.1) is 6.92 Å². The average Bonchev–Trinajstić information content (AvgIpc) is 2.93. The van der Waals surface area contributed by atoms with Crippen LogP contribution in [0.2, 0.25) is 0 Å². The van der Waals surface area contributed by atoms with Crippen molar-refractivity contribution in [3.8, 4) is 0 Å². The van der Waals surface area contributed by atoms with Gasteiger partial charge in [0.1, 0.15) is 5.82 Å². The molecule has 0 aliphatic carbocycles. The van der Waals surface area contributed by atoms with Gasteiger partial charge in [0.15, 0.2) is 0 Å². The van der Waals surface area contributed by atoms with Crippen LogP contribution < -0.4 is 10.2 Å². The molecule has 1 aliphatic heterocycles. The monoisotopic (exact) mass is 316 g/mol. The molecule has 0 radical (unpaired) electrons. The van der Waals surface area contributed by atoms with Gasteiger partial charge in [-0.05, 0) is 31.9 Å². The van der Waals surface area contributed by atoms with Crippen LogP contribution in [0.3, 0.4) is 0 Å². The topological polar surface area (TPSA) is 58.1 Å². The van der Waals surface area contributed by atoms with Gasteiger partial charge < -0.3 is 10.2 Å². The summed E-state index contributed by atoms with van der Waals surface area (Å²) in [6, 6.07) is 6.11. The summed E-state index contributed by atoms with van der Waals surface area (Å²) in [5, 5.41) is 6.09. The normalized spacial score (nSPS) is 18.2. The Hall–Kier alpha value is -1.95. The van der Waals surface area contributed by atoms with Crippen molar-refractivity contribution >= 4 is 23.1 Å². The third kappa shape index (κ3) is 3.82.